The molecule has 180 valence electrons. The number of ether oxygens (including phenoxy) is 2. The highest BCUT2D eigenvalue weighted by Crippen LogP contribution is 2.31. The van der Waals surface area contributed by atoms with Crippen LogP contribution in [0.15, 0.2) is 69.6 Å². The Morgan fingerprint density at radius 1 is 1.00 bits per heavy atom. The number of carbonyl (C=O) groups is 2. The van der Waals surface area contributed by atoms with Gasteiger partial charge in [-0.3, -0.25) is 9.36 Å². The first-order valence-corrected chi connectivity index (χ1v) is 12.0. The van der Waals surface area contributed by atoms with Crippen LogP contribution in [0.2, 0.25) is 0 Å². The van der Waals surface area contributed by atoms with E-state index in [0.717, 1.165) is 16.7 Å². The molecule has 0 aliphatic carbocycles. The third kappa shape index (κ3) is 4.61. The zero-order valence-corrected chi connectivity index (χ0v) is 21.0. The van der Waals surface area contributed by atoms with Gasteiger partial charge in [0.05, 0.1) is 41.6 Å². The van der Waals surface area contributed by atoms with Gasteiger partial charge in [0.15, 0.2) is 4.80 Å². The van der Waals surface area contributed by atoms with E-state index in [4.69, 9.17) is 9.47 Å². The van der Waals surface area contributed by atoms with Crippen molar-refractivity contribution in [2.24, 2.45) is 4.99 Å². The zero-order chi connectivity index (χ0) is 25.3. The third-order valence-corrected chi connectivity index (χ3v) is 6.96. The molecule has 7 nitrogen and oxygen atoms in total. The first kappa shape index (κ1) is 24.3. The normalized spacial score (nSPS) is 15.6. The minimum atomic E-state index is -0.649. The smallest absolute Gasteiger partial charge is 0.338 e. The van der Waals surface area contributed by atoms with Crippen molar-refractivity contribution in [2.45, 2.75) is 32.7 Å². The summed E-state index contributed by atoms with van der Waals surface area (Å²) in [5.41, 5.74) is 3.75. The van der Waals surface area contributed by atoms with Crippen LogP contribution in [-0.4, -0.2) is 30.7 Å². The molecule has 0 saturated carbocycles. The molecule has 0 bridgehead atoms. The Labute approximate surface area is 206 Å². The molecular weight excluding hydrogens is 464 g/mol. The van der Waals surface area contributed by atoms with Crippen LogP contribution < -0.4 is 14.9 Å². The van der Waals surface area contributed by atoms with Crippen molar-refractivity contribution in [3.8, 4) is 0 Å². The molecule has 35 heavy (non-hydrogen) atoms. The lowest BCUT2D eigenvalue weighted by molar-refractivity contribution is -0.136. The molecule has 1 aromatic heterocycles. The van der Waals surface area contributed by atoms with Gasteiger partial charge in [0.1, 0.15) is 0 Å². The molecule has 0 radical (unpaired) electrons. The molecule has 0 N–H and O–H groups in total. The van der Waals surface area contributed by atoms with Crippen LogP contribution in [0.4, 0.5) is 0 Å². The highest BCUT2D eigenvalue weighted by atomic mass is 32.1. The molecule has 1 aliphatic rings. The highest BCUT2D eigenvalue weighted by molar-refractivity contribution is 7.07. The summed E-state index contributed by atoms with van der Waals surface area (Å²) in [6, 6.07) is 14.1. The van der Waals surface area contributed by atoms with Crippen molar-refractivity contribution in [3.63, 3.8) is 0 Å². The second-order valence-corrected chi connectivity index (χ2v) is 9.52. The number of rotatable bonds is 5. The van der Waals surface area contributed by atoms with Gasteiger partial charge < -0.3 is 9.47 Å². The van der Waals surface area contributed by atoms with Crippen LogP contribution in [0.25, 0.3) is 6.08 Å². The fraction of sp³-hybridized carbons (Fsp3) is 0.259. The summed E-state index contributed by atoms with van der Waals surface area (Å²) in [6.07, 6.45) is 1.75. The van der Waals surface area contributed by atoms with Gasteiger partial charge in [0.2, 0.25) is 0 Å². The van der Waals surface area contributed by atoms with Crippen molar-refractivity contribution in [3.05, 3.63) is 102 Å². The number of carbonyl (C=O) groups excluding carboxylic acids is 2. The summed E-state index contributed by atoms with van der Waals surface area (Å²) in [5.74, 6) is -0.587. The van der Waals surface area contributed by atoms with Crippen molar-refractivity contribution in [2.75, 3.05) is 14.2 Å². The second kappa shape index (κ2) is 9.84. The number of methoxy groups -OCH3 is 2. The molecule has 0 fully saturated rings. The topological polar surface area (TPSA) is 87.0 Å². The fourth-order valence-corrected chi connectivity index (χ4v) is 5.10. The largest absolute Gasteiger partial charge is 0.466 e. The maximum atomic E-state index is 13.6. The molecule has 1 aliphatic heterocycles. The molecular formula is C27H26N2O5S. The first-order valence-electron chi connectivity index (χ1n) is 11.1. The van der Waals surface area contributed by atoms with Crippen LogP contribution in [0, 0.1) is 0 Å². The first-order chi connectivity index (χ1) is 16.7. The summed E-state index contributed by atoms with van der Waals surface area (Å²) < 4.78 is 11.8. The van der Waals surface area contributed by atoms with E-state index in [0.29, 0.717) is 32.1 Å². The maximum absolute atomic E-state index is 13.6. The van der Waals surface area contributed by atoms with Crippen LogP contribution in [0.1, 0.15) is 59.8 Å². The molecule has 0 saturated heterocycles. The Morgan fingerprint density at radius 3 is 2.20 bits per heavy atom. The molecule has 1 atom stereocenters. The van der Waals surface area contributed by atoms with Gasteiger partial charge in [-0.2, -0.15) is 0 Å². The number of allylic oxidation sites excluding steroid dienone is 1. The zero-order valence-electron chi connectivity index (χ0n) is 20.2. The van der Waals surface area contributed by atoms with Gasteiger partial charge in [0.25, 0.3) is 5.56 Å². The van der Waals surface area contributed by atoms with Crippen molar-refractivity contribution in [1.29, 1.82) is 0 Å². The molecule has 2 heterocycles. The third-order valence-electron chi connectivity index (χ3n) is 5.98. The number of esters is 2. The van der Waals surface area contributed by atoms with Gasteiger partial charge in [-0.15, -0.1) is 0 Å². The fourth-order valence-electron chi connectivity index (χ4n) is 4.06. The molecule has 0 amide bonds. The average molecular weight is 491 g/mol. The number of thiazole rings is 1. The minimum Gasteiger partial charge on any atom is -0.466 e. The molecule has 2 aromatic carbocycles. The van der Waals surface area contributed by atoms with E-state index in [1.165, 1.54) is 25.6 Å². The minimum absolute atomic E-state index is 0.252. The van der Waals surface area contributed by atoms with Crippen LogP contribution in [0.5, 0.6) is 0 Å². The summed E-state index contributed by atoms with van der Waals surface area (Å²) in [5, 5.41) is 0. The monoisotopic (exact) mass is 490 g/mol. The van der Waals surface area contributed by atoms with E-state index in [9.17, 15) is 14.4 Å². The van der Waals surface area contributed by atoms with Crippen molar-refractivity contribution >= 4 is 29.4 Å². The van der Waals surface area contributed by atoms with Gasteiger partial charge in [-0.25, -0.2) is 14.6 Å². The predicted octanol–water partition coefficient (Wildman–Crippen LogP) is 3.32. The van der Waals surface area contributed by atoms with Gasteiger partial charge in [0, 0.05) is 0 Å². The lowest BCUT2D eigenvalue weighted by atomic mass is 9.93. The van der Waals surface area contributed by atoms with Crippen molar-refractivity contribution < 1.29 is 19.1 Å². The lowest BCUT2D eigenvalue weighted by Crippen LogP contribution is -2.39. The number of benzene rings is 2. The van der Waals surface area contributed by atoms with E-state index >= 15 is 0 Å². The lowest BCUT2D eigenvalue weighted by Gasteiger charge is -2.24. The van der Waals surface area contributed by atoms with Gasteiger partial charge >= 0.3 is 11.9 Å². The highest BCUT2D eigenvalue weighted by Gasteiger charge is 2.33. The van der Waals surface area contributed by atoms with E-state index in [-0.39, 0.29) is 5.56 Å². The molecule has 3 aromatic rings. The van der Waals surface area contributed by atoms with E-state index in [1.807, 2.05) is 24.3 Å². The average Bonchev–Trinajstić information content (AvgIpc) is 3.16. The number of hydrogen-bond donors (Lipinski definition) is 0. The standard InChI is InChI=1S/C27H26N2O5S/c1-15(2)18-10-12-19(13-11-18)23-22(26(32)34-5)16(3)28-27-29(23)24(30)21(35-27)14-17-6-8-20(9-7-17)25(31)33-4/h6-15,23H,1-5H3/b21-14-. The van der Waals surface area contributed by atoms with Crippen LogP contribution in [-0.2, 0) is 14.3 Å². The maximum Gasteiger partial charge on any atom is 0.338 e. The quantitative estimate of drug-likeness (QED) is 0.512. The summed E-state index contributed by atoms with van der Waals surface area (Å²) >= 11 is 1.25. The number of nitrogens with zero attached hydrogens (tertiary/aromatic N) is 2. The summed E-state index contributed by atoms with van der Waals surface area (Å²) in [7, 11) is 2.65. The van der Waals surface area contributed by atoms with E-state index in [1.54, 1.807) is 41.8 Å². The Balaban J connectivity index is 1.87. The molecule has 4 rings (SSSR count). The molecule has 1 unspecified atom stereocenters. The van der Waals surface area contributed by atoms with Crippen LogP contribution in [0.3, 0.4) is 0 Å². The van der Waals surface area contributed by atoms with Crippen LogP contribution >= 0.6 is 11.3 Å². The molecule has 0 spiro atoms. The van der Waals surface area contributed by atoms with Gasteiger partial charge in [-0.05, 0) is 47.7 Å². The number of fused-ring (bicyclic) bond motifs is 1. The SMILES string of the molecule is COC(=O)C1=C(C)N=c2s/c(=C\c3ccc(C(=O)OC)cc3)c(=O)n2C1c1ccc(C(C)C)cc1. The Bertz CT molecular complexity index is 1490. The molecule has 8 heteroatoms. The second-order valence-electron chi connectivity index (χ2n) is 8.51. The van der Waals surface area contributed by atoms with Crippen molar-refractivity contribution in [1.82, 2.24) is 4.57 Å². The summed E-state index contributed by atoms with van der Waals surface area (Å²) in [4.78, 5) is 43.1. The predicted molar refractivity (Wildman–Crippen MR) is 134 cm³/mol. The number of aromatic nitrogens is 1. The van der Waals surface area contributed by atoms with E-state index < -0.39 is 18.0 Å². The van der Waals surface area contributed by atoms with Gasteiger partial charge in [-0.1, -0.05) is 61.6 Å². The van der Waals surface area contributed by atoms with E-state index in [2.05, 4.69) is 18.8 Å². The Kier molecular flexibility index (Phi) is 6.84. The number of hydrogen-bond acceptors (Lipinski definition) is 7. The summed E-state index contributed by atoms with van der Waals surface area (Å²) in [6.45, 7) is 5.98. The Hall–Kier alpha value is -3.78. The Morgan fingerprint density at radius 2 is 1.63 bits per heavy atom.